The Labute approximate surface area is 167 Å². The fraction of sp³-hybridized carbons (Fsp3) is 0.812. The molecule has 154 valence electrons. The van der Waals surface area contributed by atoms with Gasteiger partial charge in [-0.25, -0.2) is 0 Å². The Morgan fingerprint density at radius 1 is 0.846 bits per heavy atom. The number of carbonyl (C=O) groups is 1. The van der Waals surface area contributed by atoms with Gasteiger partial charge in [0.05, 0.1) is 0 Å². The van der Waals surface area contributed by atoms with E-state index in [1.165, 1.54) is 0 Å². The van der Waals surface area contributed by atoms with E-state index in [0.29, 0.717) is 12.2 Å². The maximum atomic E-state index is 11.7. The topological polar surface area (TPSA) is 54.0 Å². The van der Waals surface area contributed by atoms with E-state index in [1.807, 2.05) is 0 Å². The lowest BCUT2D eigenvalue weighted by Gasteiger charge is -2.42. The van der Waals surface area contributed by atoms with Crippen molar-refractivity contribution in [1.29, 1.82) is 0 Å². The molecule has 0 atom stereocenters. The van der Waals surface area contributed by atoms with E-state index in [0.717, 1.165) is 12.5 Å². The van der Waals surface area contributed by atoms with Gasteiger partial charge in [-0.1, -0.05) is 6.58 Å². The van der Waals surface area contributed by atoms with Crippen molar-refractivity contribution in [1.82, 2.24) is 0 Å². The minimum absolute atomic E-state index is 0.0866. The number of carbonyl (C=O) groups excluding carboxylic acids is 1. The van der Waals surface area contributed by atoms with Crippen LogP contribution >= 0.6 is 0 Å². The third-order valence-corrected chi connectivity index (χ3v) is 16.3. The van der Waals surface area contributed by atoms with E-state index in [-0.39, 0.29) is 5.41 Å². The standard InChI is InChI=1S/C16H40O5Si5/c1-15(2)16(17)22-18-13-12-14-26(19-23(3,4)5,20-24(6,7)8)21-25(9,10)11/h1,12-14,22H2,2-11H3. The molecule has 0 aliphatic rings. The third-order valence-electron chi connectivity index (χ3n) is 2.87. The summed E-state index contributed by atoms with van der Waals surface area (Å²) in [5.41, 5.74) is 0.589. The molecule has 5 nitrogen and oxygen atoms in total. The molecule has 26 heavy (non-hydrogen) atoms. The molecule has 0 aliphatic carbocycles. The molecule has 0 radical (unpaired) electrons. The first-order valence-electron chi connectivity index (χ1n) is 9.32. The zero-order chi connectivity index (χ0) is 20.8. The summed E-state index contributed by atoms with van der Waals surface area (Å²) < 4.78 is 25.5. The molecule has 0 aromatic rings. The van der Waals surface area contributed by atoms with Crippen LogP contribution in [-0.2, 0) is 21.6 Å². The predicted molar refractivity (Wildman–Crippen MR) is 123 cm³/mol. The Balaban J connectivity index is 5.14. The van der Waals surface area contributed by atoms with E-state index >= 15 is 0 Å². The van der Waals surface area contributed by atoms with Crippen molar-refractivity contribution in [3.8, 4) is 0 Å². The summed E-state index contributed by atoms with van der Waals surface area (Å²) >= 11 is 0. The minimum Gasteiger partial charge on any atom is -0.417 e. The molecule has 10 heteroatoms. The number of allylic oxidation sites excluding steroid dienone is 1. The minimum atomic E-state index is -2.78. The van der Waals surface area contributed by atoms with Crippen LogP contribution < -0.4 is 0 Å². The highest BCUT2D eigenvalue weighted by molar-refractivity contribution is 6.90. The van der Waals surface area contributed by atoms with Crippen LogP contribution in [0.1, 0.15) is 13.3 Å². The number of hydrogen-bond donors (Lipinski definition) is 0. The molecule has 0 spiro atoms. The largest absolute Gasteiger partial charge is 0.469 e. The van der Waals surface area contributed by atoms with Crippen LogP contribution in [0.25, 0.3) is 0 Å². The van der Waals surface area contributed by atoms with Gasteiger partial charge in [-0.3, -0.25) is 4.79 Å². The highest BCUT2D eigenvalue weighted by Crippen LogP contribution is 2.29. The Bertz CT molecular complexity index is 436. The first-order valence-corrected chi connectivity index (χ1v) is 22.8. The summed E-state index contributed by atoms with van der Waals surface area (Å²) in [6.45, 7) is 25.6. The van der Waals surface area contributed by atoms with Crippen molar-refractivity contribution in [3.05, 3.63) is 12.2 Å². The zero-order valence-electron chi connectivity index (χ0n) is 18.6. The quantitative estimate of drug-likeness (QED) is 0.239. The van der Waals surface area contributed by atoms with Crippen molar-refractivity contribution < 1.29 is 21.6 Å². The van der Waals surface area contributed by atoms with Crippen LogP contribution in [0.5, 0.6) is 0 Å². The molecule has 0 N–H and O–H groups in total. The molecule has 0 rings (SSSR count). The maximum absolute atomic E-state index is 11.7. The Morgan fingerprint density at radius 3 is 1.54 bits per heavy atom. The van der Waals surface area contributed by atoms with Gasteiger partial charge in [-0.05, 0) is 77.8 Å². The second-order valence-corrected chi connectivity index (χ2v) is 28.0. The van der Waals surface area contributed by atoms with E-state index in [9.17, 15) is 4.79 Å². The van der Waals surface area contributed by atoms with E-state index in [1.54, 1.807) is 6.92 Å². The van der Waals surface area contributed by atoms with Gasteiger partial charge >= 0.3 is 8.80 Å². The van der Waals surface area contributed by atoms with Gasteiger partial charge in [0.25, 0.3) is 0 Å². The monoisotopic (exact) mass is 452 g/mol. The van der Waals surface area contributed by atoms with Crippen LogP contribution in [0.15, 0.2) is 12.2 Å². The van der Waals surface area contributed by atoms with Crippen molar-refractivity contribution in [2.45, 2.75) is 78.3 Å². The third kappa shape index (κ3) is 13.5. The van der Waals surface area contributed by atoms with Crippen LogP contribution in [0.4, 0.5) is 0 Å². The highest BCUT2D eigenvalue weighted by Gasteiger charge is 2.49. The average Bonchev–Trinajstić information content (AvgIpc) is 2.30. The normalized spacial score (nSPS) is 14.2. The molecule has 0 aromatic carbocycles. The summed E-state index contributed by atoms with van der Waals surface area (Å²) in [7, 11) is -9.48. The molecule has 0 saturated carbocycles. The van der Waals surface area contributed by atoms with Gasteiger partial charge < -0.3 is 16.8 Å². The van der Waals surface area contributed by atoms with Gasteiger partial charge in [0.1, 0.15) is 0 Å². The Hall–Kier alpha value is 0.334. The zero-order valence-corrected chi connectivity index (χ0v) is 24.0. The summed E-state index contributed by atoms with van der Waals surface area (Å²) in [6.07, 6.45) is 0.794. The molecular formula is C16H40O5Si5. The second kappa shape index (κ2) is 10.2. The van der Waals surface area contributed by atoms with E-state index in [2.05, 4.69) is 65.5 Å². The molecule has 0 heterocycles. The van der Waals surface area contributed by atoms with E-state index < -0.39 is 43.5 Å². The SMILES string of the molecule is C=C(C)C(=O)[SiH2]OCCC[Si](O[Si](C)(C)C)(O[Si](C)(C)C)O[Si](C)(C)C. The molecule has 0 aromatic heterocycles. The van der Waals surface area contributed by atoms with Crippen molar-refractivity contribution >= 4 is 48.9 Å². The van der Waals surface area contributed by atoms with E-state index in [4.69, 9.17) is 16.8 Å². The first kappa shape index (κ1) is 26.3. The van der Waals surface area contributed by atoms with Crippen molar-refractivity contribution in [3.63, 3.8) is 0 Å². The smallest absolute Gasteiger partial charge is 0.417 e. The number of hydrogen-bond acceptors (Lipinski definition) is 5. The molecule has 0 unspecified atom stereocenters. The summed E-state index contributed by atoms with van der Waals surface area (Å²) in [5.74, 6) is 0. The fourth-order valence-electron chi connectivity index (χ4n) is 2.29. The maximum Gasteiger partial charge on any atom is 0.469 e. The lowest BCUT2D eigenvalue weighted by atomic mass is 10.4. The van der Waals surface area contributed by atoms with Gasteiger partial charge in [0.15, 0.2) is 30.4 Å². The molecule has 0 amide bonds. The van der Waals surface area contributed by atoms with Crippen LogP contribution in [0.2, 0.25) is 65.0 Å². The summed E-state index contributed by atoms with van der Waals surface area (Å²) in [4.78, 5) is 11.7. The first-order chi connectivity index (χ1) is 11.4. The highest BCUT2D eigenvalue weighted by atomic mass is 28.5. The fourth-order valence-corrected chi connectivity index (χ4v) is 17.7. The lowest BCUT2D eigenvalue weighted by molar-refractivity contribution is -0.109. The van der Waals surface area contributed by atoms with Gasteiger partial charge in [0, 0.05) is 12.7 Å². The molecular weight excluding hydrogens is 413 g/mol. The molecule has 0 aliphatic heterocycles. The number of rotatable bonds is 13. The predicted octanol–water partition coefficient (Wildman–Crippen LogP) is 4.07. The lowest BCUT2D eigenvalue weighted by Crippen LogP contribution is -2.60. The van der Waals surface area contributed by atoms with Crippen LogP contribution in [-0.4, -0.2) is 55.5 Å². The van der Waals surface area contributed by atoms with Crippen molar-refractivity contribution in [2.75, 3.05) is 6.61 Å². The molecule has 0 saturated heterocycles. The van der Waals surface area contributed by atoms with Gasteiger partial charge in [-0.15, -0.1) is 0 Å². The summed E-state index contributed by atoms with van der Waals surface area (Å²) in [5, 5.41) is 0.0866. The van der Waals surface area contributed by atoms with Crippen LogP contribution in [0.3, 0.4) is 0 Å². The molecule has 0 fully saturated rings. The van der Waals surface area contributed by atoms with Crippen LogP contribution in [0, 0.1) is 0 Å². The Morgan fingerprint density at radius 2 is 1.23 bits per heavy atom. The van der Waals surface area contributed by atoms with Crippen molar-refractivity contribution in [2.24, 2.45) is 0 Å². The average molecular weight is 453 g/mol. The molecule has 0 bridgehead atoms. The summed E-state index contributed by atoms with van der Waals surface area (Å²) in [6, 6.07) is 0.751. The second-order valence-electron chi connectivity index (χ2n) is 9.69. The Kier molecular flexibility index (Phi) is 10.3. The van der Waals surface area contributed by atoms with Gasteiger partial charge in [0.2, 0.25) is 9.76 Å². The van der Waals surface area contributed by atoms with Gasteiger partial charge in [-0.2, -0.15) is 0 Å².